The summed E-state index contributed by atoms with van der Waals surface area (Å²) in [6.45, 7) is 0.833. The van der Waals surface area contributed by atoms with Crippen molar-refractivity contribution in [1.29, 1.82) is 0 Å². The van der Waals surface area contributed by atoms with Crippen LogP contribution in [0.5, 0.6) is 0 Å². The van der Waals surface area contributed by atoms with Crippen molar-refractivity contribution in [2.45, 2.75) is 18.9 Å². The molecule has 1 amide bonds. The Bertz CT molecular complexity index is 1250. The Morgan fingerprint density at radius 1 is 0.970 bits per heavy atom. The van der Waals surface area contributed by atoms with Crippen LogP contribution >= 0.6 is 0 Å². The molecule has 0 spiro atoms. The van der Waals surface area contributed by atoms with Gasteiger partial charge in [-0.1, -0.05) is 24.3 Å². The second-order valence-corrected chi connectivity index (χ2v) is 8.17. The summed E-state index contributed by atoms with van der Waals surface area (Å²) in [6, 6.07) is 19.9. The molecule has 0 bridgehead atoms. The number of pyridine rings is 1. The first-order valence-electron chi connectivity index (χ1n) is 11.0. The van der Waals surface area contributed by atoms with Crippen molar-refractivity contribution in [3.05, 3.63) is 84.9 Å². The first kappa shape index (κ1) is 20.9. The van der Waals surface area contributed by atoms with Crippen LogP contribution in [0.3, 0.4) is 0 Å². The lowest BCUT2D eigenvalue weighted by molar-refractivity contribution is -0.117. The number of rotatable bonds is 5. The number of aromatic nitrogens is 3. The van der Waals surface area contributed by atoms with Crippen LogP contribution in [0, 0.1) is 5.82 Å². The van der Waals surface area contributed by atoms with Crippen LogP contribution in [-0.2, 0) is 11.8 Å². The molecule has 1 aliphatic rings. The average Bonchev–Trinajstić information content (AvgIpc) is 3.50. The van der Waals surface area contributed by atoms with Crippen LogP contribution in [0.4, 0.5) is 15.9 Å². The number of nitrogens with zero attached hydrogens (tertiary/aromatic N) is 4. The fourth-order valence-electron chi connectivity index (χ4n) is 4.32. The number of anilines is 2. The maximum absolute atomic E-state index is 13.1. The van der Waals surface area contributed by atoms with E-state index < -0.39 is 0 Å². The first-order valence-corrected chi connectivity index (χ1v) is 11.0. The van der Waals surface area contributed by atoms with Gasteiger partial charge in [0.15, 0.2) is 0 Å². The minimum Gasteiger partial charge on any atom is -0.360 e. The van der Waals surface area contributed by atoms with Gasteiger partial charge in [0.05, 0.1) is 5.69 Å². The Morgan fingerprint density at radius 2 is 1.70 bits per heavy atom. The van der Waals surface area contributed by atoms with Gasteiger partial charge in [0.2, 0.25) is 5.91 Å². The van der Waals surface area contributed by atoms with Crippen LogP contribution in [-0.4, -0.2) is 33.3 Å². The van der Waals surface area contributed by atoms with Gasteiger partial charge in [0.1, 0.15) is 17.7 Å². The summed E-state index contributed by atoms with van der Waals surface area (Å²) in [5.41, 5.74) is 4.90. The number of halogens is 1. The third-order valence-corrected chi connectivity index (χ3v) is 6.06. The number of carbonyl (C=O) groups excluding carboxylic acids is 1. The minimum absolute atomic E-state index is 0.0646. The quantitative estimate of drug-likeness (QED) is 0.479. The molecule has 1 atom stereocenters. The Kier molecular flexibility index (Phi) is 5.60. The summed E-state index contributed by atoms with van der Waals surface area (Å²) in [4.78, 5) is 19.6. The normalized spacial score (nSPS) is 15.6. The largest absolute Gasteiger partial charge is 0.360 e. The van der Waals surface area contributed by atoms with Gasteiger partial charge in [-0.25, -0.2) is 9.37 Å². The van der Waals surface area contributed by atoms with E-state index in [1.165, 1.54) is 12.1 Å². The van der Waals surface area contributed by atoms with E-state index in [9.17, 15) is 9.18 Å². The second-order valence-electron chi connectivity index (χ2n) is 8.17. The van der Waals surface area contributed by atoms with Crippen LogP contribution in [0.15, 0.2) is 79.1 Å². The monoisotopic (exact) mass is 441 g/mol. The molecule has 1 unspecified atom stereocenters. The van der Waals surface area contributed by atoms with E-state index in [1.807, 2.05) is 23.9 Å². The zero-order valence-corrected chi connectivity index (χ0v) is 18.3. The van der Waals surface area contributed by atoms with Crippen molar-refractivity contribution in [3.8, 4) is 22.4 Å². The summed E-state index contributed by atoms with van der Waals surface area (Å²) < 4.78 is 15.0. The molecule has 0 saturated carbocycles. The highest BCUT2D eigenvalue weighted by atomic mass is 19.1. The SMILES string of the molecule is Cn1nccc1-c1ccc(N2CCCC2C(=O)Nc2ccc(-c3ccc(F)cc3)cn2)cc1. The van der Waals surface area contributed by atoms with Crippen LogP contribution in [0.1, 0.15) is 12.8 Å². The molecule has 0 aliphatic carbocycles. The molecule has 2 aromatic carbocycles. The van der Waals surface area contributed by atoms with Gasteiger partial charge >= 0.3 is 0 Å². The van der Waals surface area contributed by atoms with Crippen molar-refractivity contribution in [2.75, 3.05) is 16.8 Å². The van der Waals surface area contributed by atoms with E-state index in [2.05, 4.69) is 44.6 Å². The van der Waals surface area contributed by atoms with E-state index in [0.29, 0.717) is 5.82 Å². The van der Waals surface area contributed by atoms with Crippen LogP contribution in [0.2, 0.25) is 0 Å². The second kappa shape index (κ2) is 8.86. The first-order chi connectivity index (χ1) is 16.1. The molecule has 3 heterocycles. The molecule has 1 N–H and O–H groups in total. The number of hydrogen-bond acceptors (Lipinski definition) is 4. The van der Waals surface area contributed by atoms with Crippen molar-refractivity contribution in [2.24, 2.45) is 7.05 Å². The number of aryl methyl sites for hydroxylation is 1. The van der Waals surface area contributed by atoms with Crippen molar-refractivity contribution < 1.29 is 9.18 Å². The van der Waals surface area contributed by atoms with E-state index >= 15 is 0 Å². The fourth-order valence-corrected chi connectivity index (χ4v) is 4.32. The predicted molar refractivity (Wildman–Crippen MR) is 127 cm³/mol. The van der Waals surface area contributed by atoms with Crippen molar-refractivity contribution in [1.82, 2.24) is 14.8 Å². The summed E-state index contributed by atoms with van der Waals surface area (Å²) in [6.07, 6.45) is 5.22. The molecule has 5 rings (SSSR count). The Labute approximate surface area is 191 Å². The lowest BCUT2D eigenvalue weighted by Gasteiger charge is -2.26. The zero-order chi connectivity index (χ0) is 22.8. The summed E-state index contributed by atoms with van der Waals surface area (Å²) in [7, 11) is 1.92. The van der Waals surface area contributed by atoms with Gasteiger partial charge < -0.3 is 10.2 Å². The fraction of sp³-hybridized carbons (Fsp3) is 0.192. The zero-order valence-electron chi connectivity index (χ0n) is 18.3. The number of nitrogens with one attached hydrogen (secondary N) is 1. The molecule has 166 valence electrons. The maximum Gasteiger partial charge on any atom is 0.248 e. The highest BCUT2D eigenvalue weighted by molar-refractivity contribution is 5.96. The van der Waals surface area contributed by atoms with Crippen molar-refractivity contribution in [3.63, 3.8) is 0 Å². The minimum atomic E-state index is -0.275. The summed E-state index contributed by atoms with van der Waals surface area (Å²) in [5.74, 6) is 0.165. The lowest BCUT2D eigenvalue weighted by Crippen LogP contribution is -2.39. The van der Waals surface area contributed by atoms with E-state index in [-0.39, 0.29) is 17.8 Å². The number of amides is 1. The van der Waals surface area contributed by atoms with Gasteiger partial charge in [-0.05, 0) is 66.4 Å². The third-order valence-electron chi connectivity index (χ3n) is 6.06. The van der Waals surface area contributed by atoms with Gasteiger partial charge in [-0.15, -0.1) is 0 Å². The standard InChI is InChI=1S/C26H24FN5O/c1-31-23(14-15-29-31)19-6-11-22(12-7-19)32-16-2-3-24(32)26(33)30-25-13-8-20(17-28-25)18-4-9-21(27)10-5-18/h4-15,17,24H,2-3,16H2,1H3,(H,28,30,33). The van der Waals surface area contributed by atoms with E-state index in [1.54, 1.807) is 30.6 Å². The lowest BCUT2D eigenvalue weighted by atomic mass is 10.1. The Balaban J connectivity index is 1.27. The van der Waals surface area contributed by atoms with Gasteiger partial charge in [-0.2, -0.15) is 5.10 Å². The topological polar surface area (TPSA) is 63.1 Å². The molecular formula is C26H24FN5O. The number of hydrogen-bond donors (Lipinski definition) is 1. The Hall–Kier alpha value is -4.00. The molecule has 0 radical (unpaired) electrons. The average molecular weight is 442 g/mol. The molecule has 1 aliphatic heterocycles. The molecule has 1 saturated heterocycles. The van der Waals surface area contributed by atoms with Gasteiger partial charge in [-0.3, -0.25) is 9.48 Å². The summed E-state index contributed by atoms with van der Waals surface area (Å²) >= 11 is 0. The molecule has 6 nitrogen and oxygen atoms in total. The van der Waals surface area contributed by atoms with Crippen LogP contribution < -0.4 is 10.2 Å². The number of carbonyl (C=O) groups is 1. The smallest absolute Gasteiger partial charge is 0.248 e. The molecule has 1 fully saturated rings. The molecule has 4 aromatic rings. The van der Waals surface area contributed by atoms with E-state index in [0.717, 1.165) is 47.5 Å². The maximum atomic E-state index is 13.1. The van der Waals surface area contributed by atoms with Gasteiger partial charge in [0.25, 0.3) is 0 Å². The third kappa shape index (κ3) is 4.35. The highest BCUT2D eigenvalue weighted by Crippen LogP contribution is 2.29. The molecule has 7 heteroatoms. The van der Waals surface area contributed by atoms with Gasteiger partial charge in [0, 0.05) is 37.2 Å². The highest BCUT2D eigenvalue weighted by Gasteiger charge is 2.31. The summed E-state index contributed by atoms with van der Waals surface area (Å²) in [5, 5.41) is 7.18. The molecular weight excluding hydrogens is 417 g/mol. The predicted octanol–water partition coefficient (Wildman–Crippen LogP) is 4.90. The van der Waals surface area contributed by atoms with E-state index in [4.69, 9.17) is 0 Å². The molecule has 33 heavy (non-hydrogen) atoms. The Morgan fingerprint density at radius 3 is 2.36 bits per heavy atom. The molecule has 2 aromatic heterocycles. The number of benzene rings is 2. The van der Waals surface area contributed by atoms with Crippen LogP contribution in [0.25, 0.3) is 22.4 Å². The van der Waals surface area contributed by atoms with Crippen molar-refractivity contribution >= 4 is 17.4 Å².